The van der Waals surface area contributed by atoms with Gasteiger partial charge < -0.3 is 14.6 Å². The third kappa shape index (κ3) is 1.53. The standard InChI is InChI=1S/C12H11FO4/c13-10-7(12(3-4-12)5-9(14)15)1-2-8-11(10)17-6-16-8/h1-2H,3-6H2,(H,14,15). The van der Waals surface area contributed by atoms with Crippen LogP contribution in [-0.2, 0) is 10.2 Å². The molecule has 1 N–H and O–H groups in total. The lowest BCUT2D eigenvalue weighted by Crippen LogP contribution is -2.14. The van der Waals surface area contributed by atoms with Crippen LogP contribution < -0.4 is 9.47 Å². The molecule has 17 heavy (non-hydrogen) atoms. The summed E-state index contributed by atoms with van der Waals surface area (Å²) in [4.78, 5) is 10.8. The number of fused-ring (bicyclic) bond motifs is 1. The minimum atomic E-state index is -0.903. The van der Waals surface area contributed by atoms with E-state index in [0.717, 1.165) is 0 Å². The first-order valence-corrected chi connectivity index (χ1v) is 5.43. The highest BCUT2D eigenvalue weighted by molar-refractivity contribution is 5.70. The van der Waals surface area contributed by atoms with Gasteiger partial charge in [-0.3, -0.25) is 4.79 Å². The number of halogens is 1. The molecule has 5 heteroatoms. The number of ether oxygens (including phenoxy) is 2. The number of hydrogen-bond acceptors (Lipinski definition) is 3. The Kier molecular flexibility index (Phi) is 2.05. The first kappa shape index (κ1) is 10.4. The lowest BCUT2D eigenvalue weighted by molar-refractivity contribution is -0.137. The van der Waals surface area contributed by atoms with Gasteiger partial charge in [-0.1, -0.05) is 6.07 Å². The van der Waals surface area contributed by atoms with Crippen molar-refractivity contribution in [3.05, 3.63) is 23.5 Å². The number of rotatable bonds is 3. The van der Waals surface area contributed by atoms with Crippen molar-refractivity contribution in [1.82, 2.24) is 0 Å². The monoisotopic (exact) mass is 238 g/mol. The van der Waals surface area contributed by atoms with Gasteiger partial charge in [-0.25, -0.2) is 4.39 Å². The van der Waals surface area contributed by atoms with E-state index in [0.29, 0.717) is 24.2 Å². The van der Waals surface area contributed by atoms with Crippen molar-refractivity contribution in [2.45, 2.75) is 24.7 Å². The van der Waals surface area contributed by atoms with Crippen LogP contribution in [0.2, 0.25) is 0 Å². The average molecular weight is 238 g/mol. The predicted molar refractivity (Wildman–Crippen MR) is 55.7 cm³/mol. The number of carboxylic acids is 1. The van der Waals surface area contributed by atoms with E-state index >= 15 is 0 Å². The zero-order valence-electron chi connectivity index (χ0n) is 9.03. The SMILES string of the molecule is O=C(O)CC1(c2ccc3c(c2F)OCO3)CC1. The molecule has 1 heterocycles. The molecular formula is C12H11FO4. The molecule has 1 fully saturated rings. The molecule has 2 aliphatic rings. The summed E-state index contributed by atoms with van der Waals surface area (Å²) in [5.74, 6) is -0.880. The Morgan fingerprint density at radius 2 is 2.18 bits per heavy atom. The predicted octanol–water partition coefficient (Wildman–Crippen LogP) is 2.06. The summed E-state index contributed by atoms with van der Waals surface area (Å²) in [6, 6.07) is 3.25. The second-order valence-corrected chi connectivity index (χ2v) is 4.51. The molecule has 4 nitrogen and oxygen atoms in total. The number of benzene rings is 1. The lowest BCUT2D eigenvalue weighted by Gasteiger charge is -2.14. The quantitative estimate of drug-likeness (QED) is 0.875. The molecule has 3 rings (SSSR count). The Labute approximate surface area is 97.0 Å². The molecule has 1 saturated carbocycles. The molecule has 1 aliphatic carbocycles. The van der Waals surface area contributed by atoms with E-state index < -0.39 is 17.2 Å². The third-order valence-corrected chi connectivity index (χ3v) is 3.39. The molecule has 1 aliphatic heterocycles. The summed E-state index contributed by atoms with van der Waals surface area (Å²) in [7, 11) is 0. The van der Waals surface area contributed by atoms with E-state index in [1.807, 2.05) is 0 Å². The maximum absolute atomic E-state index is 14.2. The van der Waals surface area contributed by atoms with E-state index in [1.54, 1.807) is 12.1 Å². The second kappa shape index (κ2) is 3.35. The zero-order valence-corrected chi connectivity index (χ0v) is 9.03. The van der Waals surface area contributed by atoms with Gasteiger partial charge in [0.1, 0.15) is 0 Å². The zero-order chi connectivity index (χ0) is 12.0. The van der Waals surface area contributed by atoms with Crippen molar-refractivity contribution < 1.29 is 23.8 Å². The van der Waals surface area contributed by atoms with Gasteiger partial charge in [0.05, 0.1) is 6.42 Å². The number of aliphatic carboxylic acids is 1. The minimum absolute atomic E-state index is 0.0155. The Morgan fingerprint density at radius 3 is 2.82 bits per heavy atom. The van der Waals surface area contributed by atoms with Gasteiger partial charge in [-0.15, -0.1) is 0 Å². The van der Waals surface area contributed by atoms with Gasteiger partial charge in [-0.05, 0) is 24.5 Å². The van der Waals surface area contributed by atoms with E-state index in [9.17, 15) is 9.18 Å². The van der Waals surface area contributed by atoms with Gasteiger partial charge in [-0.2, -0.15) is 0 Å². The lowest BCUT2D eigenvalue weighted by atomic mass is 9.91. The summed E-state index contributed by atoms with van der Waals surface area (Å²) in [5, 5.41) is 8.86. The van der Waals surface area contributed by atoms with Crippen LogP contribution in [0.25, 0.3) is 0 Å². The fourth-order valence-corrected chi connectivity index (χ4v) is 2.33. The molecule has 0 radical (unpaired) electrons. The van der Waals surface area contributed by atoms with Gasteiger partial charge >= 0.3 is 5.97 Å². The fourth-order valence-electron chi connectivity index (χ4n) is 2.33. The molecule has 0 amide bonds. The minimum Gasteiger partial charge on any atom is -0.481 e. The van der Waals surface area contributed by atoms with Gasteiger partial charge in [0.25, 0.3) is 0 Å². The maximum atomic E-state index is 14.2. The van der Waals surface area contributed by atoms with E-state index in [4.69, 9.17) is 14.6 Å². The second-order valence-electron chi connectivity index (χ2n) is 4.51. The average Bonchev–Trinajstić information content (AvgIpc) is 2.87. The normalized spacial score (nSPS) is 19.1. The molecule has 0 saturated heterocycles. The van der Waals surface area contributed by atoms with Crippen molar-refractivity contribution in [1.29, 1.82) is 0 Å². The molecule has 0 aromatic heterocycles. The van der Waals surface area contributed by atoms with Crippen LogP contribution in [0.5, 0.6) is 11.5 Å². The van der Waals surface area contributed by atoms with Crippen LogP contribution in [0, 0.1) is 5.82 Å². The Balaban J connectivity index is 2.02. The topological polar surface area (TPSA) is 55.8 Å². The molecule has 0 bridgehead atoms. The molecule has 0 spiro atoms. The molecular weight excluding hydrogens is 227 g/mol. The summed E-state index contributed by atoms with van der Waals surface area (Å²) in [6.45, 7) is 0.0155. The van der Waals surface area contributed by atoms with Crippen molar-refractivity contribution >= 4 is 5.97 Å². The Morgan fingerprint density at radius 1 is 1.41 bits per heavy atom. The molecule has 90 valence electrons. The van der Waals surface area contributed by atoms with Crippen LogP contribution >= 0.6 is 0 Å². The first-order valence-electron chi connectivity index (χ1n) is 5.43. The van der Waals surface area contributed by atoms with E-state index in [2.05, 4.69) is 0 Å². The summed E-state index contributed by atoms with van der Waals surface area (Å²) in [5.41, 5.74) is -0.110. The van der Waals surface area contributed by atoms with Crippen molar-refractivity contribution in [2.75, 3.05) is 6.79 Å². The van der Waals surface area contributed by atoms with Gasteiger partial charge in [0.15, 0.2) is 11.6 Å². The van der Waals surface area contributed by atoms with Crippen LogP contribution in [-0.4, -0.2) is 17.9 Å². The Hall–Kier alpha value is -1.78. The molecule has 1 aromatic rings. The fraction of sp³-hybridized carbons (Fsp3) is 0.417. The number of carboxylic acid groups (broad SMARTS) is 1. The smallest absolute Gasteiger partial charge is 0.304 e. The van der Waals surface area contributed by atoms with Gasteiger partial charge in [0, 0.05) is 5.41 Å². The summed E-state index contributed by atoms with van der Waals surface area (Å²) >= 11 is 0. The van der Waals surface area contributed by atoms with Crippen LogP contribution in [0.15, 0.2) is 12.1 Å². The molecule has 0 unspecified atom stereocenters. The van der Waals surface area contributed by atoms with E-state index in [-0.39, 0.29) is 19.0 Å². The summed E-state index contributed by atoms with van der Waals surface area (Å²) < 4.78 is 24.3. The first-order chi connectivity index (χ1) is 8.12. The van der Waals surface area contributed by atoms with Crippen molar-refractivity contribution in [3.8, 4) is 11.5 Å². The van der Waals surface area contributed by atoms with Crippen LogP contribution in [0.1, 0.15) is 24.8 Å². The van der Waals surface area contributed by atoms with Crippen LogP contribution in [0.3, 0.4) is 0 Å². The molecule has 0 atom stereocenters. The maximum Gasteiger partial charge on any atom is 0.304 e. The van der Waals surface area contributed by atoms with Crippen molar-refractivity contribution in [2.24, 2.45) is 0 Å². The number of hydrogen-bond donors (Lipinski definition) is 1. The van der Waals surface area contributed by atoms with E-state index in [1.165, 1.54) is 0 Å². The molecule has 1 aromatic carbocycles. The highest BCUT2D eigenvalue weighted by atomic mass is 19.1. The Bertz CT molecular complexity index is 494. The van der Waals surface area contributed by atoms with Crippen molar-refractivity contribution in [3.63, 3.8) is 0 Å². The van der Waals surface area contributed by atoms with Crippen LogP contribution in [0.4, 0.5) is 4.39 Å². The third-order valence-electron chi connectivity index (χ3n) is 3.39. The van der Waals surface area contributed by atoms with Gasteiger partial charge in [0.2, 0.25) is 12.5 Å². The highest BCUT2D eigenvalue weighted by Gasteiger charge is 2.48. The summed E-state index contributed by atoms with van der Waals surface area (Å²) in [6.07, 6.45) is 1.37. The number of carbonyl (C=O) groups is 1. The highest BCUT2D eigenvalue weighted by Crippen LogP contribution is 2.54. The largest absolute Gasteiger partial charge is 0.481 e.